The first kappa shape index (κ1) is 21.8. The fourth-order valence-corrected chi connectivity index (χ4v) is 3.25. The number of hydrogen-bond acceptors (Lipinski definition) is 5. The number of hydrogen-bond donors (Lipinski definition) is 2. The highest BCUT2D eigenvalue weighted by molar-refractivity contribution is 7.97. The molecule has 0 radical (unpaired) electrons. The highest BCUT2D eigenvalue weighted by Gasteiger charge is 2.30. The van der Waals surface area contributed by atoms with Gasteiger partial charge in [0.2, 0.25) is 0 Å². The quantitative estimate of drug-likeness (QED) is 0.267. The van der Waals surface area contributed by atoms with E-state index in [1.54, 1.807) is 12.1 Å². The van der Waals surface area contributed by atoms with Crippen LogP contribution in [0.25, 0.3) is 11.3 Å². The van der Waals surface area contributed by atoms with E-state index in [4.69, 9.17) is 11.0 Å². The number of carbonyl (C=O) groups is 1. The summed E-state index contributed by atoms with van der Waals surface area (Å²) in [6, 6.07) is 13.4. The number of nitrogens with zero attached hydrogens (tertiary/aromatic N) is 2. The lowest BCUT2D eigenvalue weighted by molar-refractivity contribution is -0.137. The Bertz CT molecular complexity index is 1040. The van der Waals surface area contributed by atoms with Gasteiger partial charge in [0.25, 0.3) is 5.91 Å². The zero-order valence-corrected chi connectivity index (χ0v) is 16.8. The number of rotatable bonds is 5. The lowest BCUT2D eigenvalue weighted by atomic mass is 10.1. The summed E-state index contributed by atoms with van der Waals surface area (Å²) in [5, 5.41) is 6.64. The first-order valence-corrected chi connectivity index (χ1v) is 9.73. The van der Waals surface area contributed by atoms with Gasteiger partial charge in [0, 0.05) is 16.7 Å². The van der Waals surface area contributed by atoms with E-state index in [2.05, 4.69) is 4.98 Å². The Morgan fingerprint density at radius 1 is 1.10 bits per heavy atom. The fraction of sp³-hybridized carbons (Fsp3) is 0.143. The van der Waals surface area contributed by atoms with E-state index in [1.807, 2.05) is 25.1 Å². The van der Waals surface area contributed by atoms with E-state index >= 15 is 0 Å². The molecule has 1 aromatic heterocycles. The highest BCUT2D eigenvalue weighted by Crippen LogP contribution is 2.30. The van der Waals surface area contributed by atoms with Crippen LogP contribution in [0.3, 0.4) is 0 Å². The Labute approximate surface area is 176 Å². The van der Waals surface area contributed by atoms with Gasteiger partial charge in [-0.3, -0.25) is 19.9 Å². The molecule has 0 spiro atoms. The van der Waals surface area contributed by atoms with Crippen LogP contribution in [0, 0.1) is 6.92 Å². The summed E-state index contributed by atoms with van der Waals surface area (Å²) < 4.78 is 38.0. The molecule has 0 aliphatic rings. The molecule has 9 heteroatoms. The predicted molar refractivity (Wildman–Crippen MR) is 110 cm³/mol. The van der Waals surface area contributed by atoms with Gasteiger partial charge in [-0.1, -0.05) is 18.2 Å². The summed E-state index contributed by atoms with van der Waals surface area (Å²) in [7, 11) is 0. The van der Waals surface area contributed by atoms with Crippen LogP contribution >= 0.6 is 11.9 Å². The first-order valence-electron chi connectivity index (χ1n) is 8.85. The van der Waals surface area contributed by atoms with Crippen molar-refractivity contribution in [1.82, 2.24) is 9.99 Å². The molecule has 4 N–H and O–H groups in total. The van der Waals surface area contributed by atoms with Crippen molar-refractivity contribution in [2.24, 2.45) is 11.0 Å². The molecule has 0 fully saturated rings. The van der Waals surface area contributed by atoms with Gasteiger partial charge in [-0.15, -0.1) is 0 Å². The molecule has 156 valence electrons. The maximum Gasteiger partial charge on any atom is 0.416 e. The summed E-state index contributed by atoms with van der Waals surface area (Å²) in [6.07, 6.45) is -3.04. The van der Waals surface area contributed by atoms with E-state index < -0.39 is 17.6 Å². The van der Waals surface area contributed by atoms with E-state index in [0.717, 1.165) is 45.1 Å². The minimum Gasteiger partial charge on any atom is -0.274 e. The molecule has 0 saturated carbocycles. The number of hydrazine groups is 1. The van der Waals surface area contributed by atoms with Crippen molar-refractivity contribution < 1.29 is 18.0 Å². The Balaban J connectivity index is 1.71. The number of nitrogens with two attached hydrogens (primary N) is 2. The van der Waals surface area contributed by atoms with Gasteiger partial charge < -0.3 is 0 Å². The minimum absolute atomic E-state index is 0.209. The number of aryl methyl sites for hydroxylation is 1. The number of halogens is 3. The molecule has 0 aliphatic carbocycles. The second kappa shape index (κ2) is 8.86. The van der Waals surface area contributed by atoms with Gasteiger partial charge in [-0.05, 0) is 66.4 Å². The van der Waals surface area contributed by atoms with E-state index in [1.165, 1.54) is 18.3 Å². The molecular weight excluding hydrogens is 413 g/mol. The average Bonchev–Trinajstić information content (AvgIpc) is 2.74. The molecule has 0 atom stereocenters. The summed E-state index contributed by atoms with van der Waals surface area (Å²) in [4.78, 5) is 17.7. The molecule has 2 aromatic carbocycles. The van der Waals surface area contributed by atoms with Crippen molar-refractivity contribution in [3.63, 3.8) is 0 Å². The van der Waals surface area contributed by atoms with E-state index in [-0.39, 0.29) is 12.1 Å². The topological polar surface area (TPSA) is 85.2 Å². The van der Waals surface area contributed by atoms with Gasteiger partial charge in [0.05, 0.1) is 23.4 Å². The van der Waals surface area contributed by atoms with Crippen LogP contribution in [0.4, 0.5) is 13.2 Å². The molecule has 1 heterocycles. The number of carbonyl (C=O) groups excluding carboxylic acids is 1. The largest absolute Gasteiger partial charge is 0.416 e. The van der Waals surface area contributed by atoms with Gasteiger partial charge >= 0.3 is 6.18 Å². The van der Waals surface area contributed by atoms with Crippen LogP contribution < -0.4 is 11.0 Å². The molecule has 0 unspecified atom stereocenters. The smallest absolute Gasteiger partial charge is 0.274 e. The average molecular weight is 432 g/mol. The number of alkyl halides is 3. The van der Waals surface area contributed by atoms with Crippen LogP contribution in [-0.2, 0) is 12.7 Å². The molecule has 1 amide bonds. The number of amides is 1. The molecule has 0 bridgehead atoms. The Morgan fingerprint density at radius 3 is 2.33 bits per heavy atom. The number of aromatic nitrogens is 1. The van der Waals surface area contributed by atoms with Crippen molar-refractivity contribution in [3.8, 4) is 11.3 Å². The lowest BCUT2D eigenvalue weighted by Gasteiger charge is -2.18. The van der Waals surface area contributed by atoms with Crippen molar-refractivity contribution in [2.45, 2.75) is 24.5 Å². The van der Waals surface area contributed by atoms with Gasteiger partial charge in [0.15, 0.2) is 0 Å². The van der Waals surface area contributed by atoms with Gasteiger partial charge in [0.1, 0.15) is 0 Å². The van der Waals surface area contributed by atoms with Crippen molar-refractivity contribution in [3.05, 3.63) is 83.0 Å². The monoisotopic (exact) mass is 432 g/mol. The molecule has 0 aliphatic heterocycles. The molecule has 0 saturated heterocycles. The molecule has 5 nitrogen and oxygen atoms in total. The fourth-order valence-electron chi connectivity index (χ4n) is 2.86. The molecule has 3 aromatic rings. The summed E-state index contributed by atoms with van der Waals surface area (Å²) in [6.45, 7) is 2.12. The first-order chi connectivity index (χ1) is 14.2. The van der Waals surface area contributed by atoms with E-state index in [0.29, 0.717) is 11.3 Å². The maximum absolute atomic E-state index is 12.7. The van der Waals surface area contributed by atoms with Crippen molar-refractivity contribution in [1.29, 1.82) is 0 Å². The summed E-state index contributed by atoms with van der Waals surface area (Å²) in [5.74, 6) is 5.53. The Morgan fingerprint density at radius 2 is 1.80 bits per heavy atom. The number of benzene rings is 2. The number of pyridine rings is 1. The third-order valence-corrected chi connectivity index (χ3v) is 5.10. The highest BCUT2D eigenvalue weighted by atomic mass is 32.2. The standard InChI is InChI=1S/C21H19F3N4OS/c1-13-10-18(30-26)8-4-16(13)12-28(25)20(29)15-5-9-19(27-11-15)14-2-6-17(7-3-14)21(22,23)24/h2-11H,12,25-26H2,1H3. The zero-order chi connectivity index (χ0) is 21.9. The van der Waals surface area contributed by atoms with E-state index in [9.17, 15) is 18.0 Å². The minimum atomic E-state index is -4.39. The van der Waals surface area contributed by atoms with Crippen LogP contribution in [-0.4, -0.2) is 15.9 Å². The summed E-state index contributed by atoms with van der Waals surface area (Å²) in [5.41, 5.74) is 2.36. The SMILES string of the molecule is Cc1cc(SN)ccc1CN(N)C(=O)c1ccc(-c2ccc(C(F)(F)F)cc2)nc1. The second-order valence-corrected chi connectivity index (χ2v) is 7.35. The molecule has 3 rings (SSSR count). The van der Waals surface area contributed by atoms with Crippen LogP contribution in [0.1, 0.15) is 27.0 Å². The molecular formula is C21H19F3N4OS. The third-order valence-electron chi connectivity index (χ3n) is 4.57. The molecule has 30 heavy (non-hydrogen) atoms. The zero-order valence-electron chi connectivity index (χ0n) is 16.0. The third kappa shape index (κ3) is 4.99. The van der Waals surface area contributed by atoms with Crippen LogP contribution in [0.5, 0.6) is 0 Å². The van der Waals surface area contributed by atoms with Gasteiger partial charge in [-0.25, -0.2) is 5.84 Å². The van der Waals surface area contributed by atoms with Gasteiger partial charge in [-0.2, -0.15) is 13.2 Å². The Hall–Kier alpha value is -2.88. The van der Waals surface area contributed by atoms with Crippen molar-refractivity contribution >= 4 is 17.9 Å². The van der Waals surface area contributed by atoms with Crippen molar-refractivity contribution in [2.75, 3.05) is 0 Å². The second-order valence-electron chi connectivity index (χ2n) is 6.65. The Kier molecular flexibility index (Phi) is 6.45. The predicted octanol–water partition coefficient (Wildman–Crippen LogP) is 4.56. The summed E-state index contributed by atoms with van der Waals surface area (Å²) >= 11 is 1.14. The normalized spacial score (nSPS) is 11.4. The van der Waals surface area contributed by atoms with Crippen LogP contribution in [0.15, 0.2) is 65.7 Å². The lowest BCUT2D eigenvalue weighted by Crippen LogP contribution is -2.37. The van der Waals surface area contributed by atoms with Crippen LogP contribution in [0.2, 0.25) is 0 Å². The maximum atomic E-state index is 12.7.